The van der Waals surface area contributed by atoms with Crippen LogP contribution in [0.2, 0.25) is 0 Å². The molecule has 138 valence electrons. The van der Waals surface area contributed by atoms with Crippen LogP contribution in [0.3, 0.4) is 0 Å². The van der Waals surface area contributed by atoms with Crippen molar-refractivity contribution in [3.05, 3.63) is 75.0 Å². The number of aromatic nitrogens is 2. The van der Waals surface area contributed by atoms with Gasteiger partial charge in [-0.3, -0.25) is 9.59 Å². The highest BCUT2D eigenvalue weighted by molar-refractivity contribution is 9.10. The molecule has 0 aliphatic rings. The molecule has 3 rings (SSSR count). The number of carbonyl (C=O) groups excluding carboxylic acids is 1. The average Bonchev–Trinajstić information content (AvgIpc) is 2.66. The van der Waals surface area contributed by atoms with E-state index in [2.05, 4.69) is 26.3 Å². The van der Waals surface area contributed by atoms with Crippen LogP contribution in [-0.4, -0.2) is 15.7 Å². The number of amides is 1. The van der Waals surface area contributed by atoms with Crippen molar-refractivity contribution in [1.29, 1.82) is 0 Å². The third-order valence-corrected chi connectivity index (χ3v) is 4.65. The Hall–Kier alpha value is -2.73. The van der Waals surface area contributed by atoms with Crippen LogP contribution in [0.5, 0.6) is 0 Å². The van der Waals surface area contributed by atoms with Crippen molar-refractivity contribution >= 4 is 27.7 Å². The highest BCUT2D eigenvalue weighted by Crippen LogP contribution is 2.27. The van der Waals surface area contributed by atoms with Crippen LogP contribution < -0.4 is 10.7 Å². The van der Waals surface area contributed by atoms with Crippen molar-refractivity contribution < 1.29 is 4.79 Å². The van der Waals surface area contributed by atoms with E-state index in [1.54, 1.807) is 11.6 Å². The summed E-state index contributed by atoms with van der Waals surface area (Å²) in [4.78, 5) is 25.3. The first kappa shape index (κ1) is 19.0. The minimum Gasteiger partial charge on any atom is -0.310 e. The van der Waals surface area contributed by atoms with Crippen LogP contribution >= 0.6 is 15.9 Å². The Balaban J connectivity index is 2.29. The molecule has 2 aromatic carbocycles. The van der Waals surface area contributed by atoms with E-state index in [0.717, 1.165) is 15.7 Å². The van der Waals surface area contributed by atoms with E-state index in [0.29, 0.717) is 29.9 Å². The maximum absolute atomic E-state index is 12.9. The Kier molecular flexibility index (Phi) is 5.86. The molecule has 0 unspecified atom stereocenters. The summed E-state index contributed by atoms with van der Waals surface area (Å²) in [7, 11) is 0. The highest BCUT2D eigenvalue weighted by atomic mass is 79.9. The Morgan fingerprint density at radius 3 is 2.41 bits per heavy atom. The Morgan fingerprint density at radius 2 is 1.78 bits per heavy atom. The number of hydrogen-bond acceptors (Lipinski definition) is 3. The fourth-order valence-corrected chi connectivity index (χ4v) is 3.08. The first-order chi connectivity index (χ1) is 13.0. The zero-order valence-corrected chi connectivity index (χ0v) is 16.8. The third-order valence-electron chi connectivity index (χ3n) is 4.12. The lowest BCUT2D eigenvalue weighted by atomic mass is 10.1. The minimum absolute atomic E-state index is 0.148. The molecular formula is C21H20BrN3O2. The van der Waals surface area contributed by atoms with Gasteiger partial charge in [0.1, 0.15) is 11.5 Å². The molecule has 6 heteroatoms. The lowest BCUT2D eigenvalue weighted by molar-refractivity contribution is -0.116. The van der Waals surface area contributed by atoms with Gasteiger partial charge >= 0.3 is 0 Å². The summed E-state index contributed by atoms with van der Waals surface area (Å²) >= 11 is 3.43. The zero-order valence-electron chi connectivity index (χ0n) is 15.2. The minimum atomic E-state index is -0.193. The summed E-state index contributed by atoms with van der Waals surface area (Å²) in [5.74, 6) is 0.239. The van der Waals surface area contributed by atoms with Crippen LogP contribution in [0.1, 0.15) is 25.5 Å². The summed E-state index contributed by atoms with van der Waals surface area (Å²) in [5, 5.41) is 7.36. The van der Waals surface area contributed by atoms with E-state index in [1.165, 1.54) is 0 Å². The van der Waals surface area contributed by atoms with E-state index < -0.39 is 0 Å². The fraction of sp³-hybridized carbons (Fsp3) is 0.190. The quantitative estimate of drug-likeness (QED) is 0.643. The van der Waals surface area contributed by atoms with Crippen LogP contribution in [0.4, 0.5) is 5.82 Å². The van der Waals surface area contributed by atoms with Crippen LogP contribution in [0, 0.1) is 6.92 Å². The normalized spacial score (nSPS) is 10.6. The summed E-state index contributed by atoms with van der Waals surface area (Å²) < 4.78 is 2.56. The topological polar surface area (TPSA) is 64.0 Å². The number of aryl methyl sites for hydroxylation is 1. The number of carbonyl (C=O) groups is 1. The van der Waals surface area contributed by atoms with Crippen molar-refractivity contribution in [3.63, 3.8) is 0 Å². The van der Waals surface area contributed by atoms with E-state index in [9.17, 15) is 9.59 Å². The number of benzene rings is 2. The van der Waals surface area contributed by atoms with Gasteiger partial charge in [-0.15, -0.1) is 0 Å². The lowest BCUT2D eigenvalue weighted by Crippen LogP contribution is -2.24. The van der Waals surface area contributed by atoms with Gasteiger partial charge in [0.15, 0.2) is 0 Å². The summed E-state index contributed by atoms with van der Waals surface area (Å²) in [6.07, 6.45) is 1.09. The third kappa shape index (κ3) is 4.17. The van der Waals surface area contributed by atoms with E-state index in [1.807, 2.05) is 61.5 Å². The number of halogens is 1. The summed E-state index contributed by atoms with van der Waals surface area (Å²) in [5.41, 5.74) is 2.11. The number of rotatable bonds is 5. The SMILES string of the molecule is CCCC(=O)Nc1c(-c2ccccc2)c(=O)c(C)nn1-c1ccc(Br)cc1. The van der Waals surface area contributed by atoms with Gasteiger partial charge < -0.3 is 5.32 Å². The number of nitrogens with one attached hydrogen (secondary N) is 1. The molecule has 0 spiro atoms. The number of anilines is 1. The van der Waals surface area contributed by atoms with Crippen molar-refractivity contribution in [1.82, 2.24) is 9.78 Å². The predicted molar refractivity (Wildman–Crippen MR) is 111 cm³/mol. The molecule has 0 fully saturated rings. The second kappa shape index (κ2) is 8.31. The molecular weight excluding hydrogens is 406 g/mol. The molecule has 1 heterocycles. The second-order valence-electron chi connectivity index (χ2n) is 6.19. The first-order valence-corrected chi connectivity index (χ1v) is 9.55. The first-order valence-electron chi connectivity index (χ1n) is 8.76. The molecule has 5 nitrogen and oxygen atoms in total. The second-order valence-corrected chi connectivity index (χ2v) is 7.11. The standard InChI is InChI=1S/C21H20BrN3O2/c1-3-7-18(26)23-21-19(15-8-5-4-6-9-15)20(27)14(2)24-25(21)17-12-10-16(22)11-13-17/h4-6,8-13H,3,7H2,1-2H3,(H,23,26). The van der Waals surface area contributed by atoms with Gasteiger partial charge in [-0.1, -0.05) is 53.2 Å². The van der Waals surface area contributed by atoms with Crippen LogP contribution in [0.25, 0.3) is 16.8 Å². The molecule has 1 amide bonds. The van der Waals surface area contributed by atoms with Crippen LogP contribution in [0.15, 0.2) is 63.9 Å². The molecule has 27 heavy (non-hydrogen) atoms. The van der Waals surface area contributed by atoms with Crippen molar-refractivity contribution in [2.24, 2.45) is 0 Å². The van der Waals surface area contributed by atoms with Crippen molar-refractivity contribution in [2.45, 2.75) is 26.7 Å². The maximum atomic E-state index is 12.9. The molecule has 0 saturated carbocycles. The molecule has 1 N–H and O–H groups in total. The molecule has 0 radical (unpaired) electrons. The fourth-order valence-electron chi connectivity index (χ4n) is 2.82. The smallest absolute Gasteiger partial charge is 0.225 e. The highest BCUT2D eigenvalue weighted by Gasteiger charge is 2.19. The molecule has 3 aromatic rings. The lowest BCUT2D eigenvalue weighted by Gasteiger charge is -2.18. The summed E-state index contributed by atoms with van der Waals surface area (Å²) in [6, 6.07) is 16.9. The average molecular weight is 426 g/mol. The predicted octanol–water partition coefficient (Wildman–Crippen LogP) is 4.71. The Labute approximate surface area is 166 Å². The molecule has 0 atom stereocenters. The van der Waals surface area contributed by atoms with E-state index in [-0.39, 0.29) is 11.3 Å². The largest absolute Gasteiger partial charge is 0.310 e. The van der Waals surface area contributed by atoms with E-state index in [4.69, 9.17) is 0 Å². The zero-order chi connectivity index (χ0) is 19.4. The van der Waals surface area contributed by atoms with Gasteiger partial charge in [0.25, 0.3) is 0 Å². The van der Waals surface area contributed by atoms with Gasteiger partial charge in [-0.05, 0) is 43.2 Å². The van der Waals surface area contributed by atoms with Gasteiger partial charge in [0.2, 0.25) is 11.3 Å². The van der Waals surface area contributed by atoms with Crippen molar-refractivity contribution in [2.75, 3.05) is 5.32 Å². The van der Waals surface area contributed by atoms with Crippen molar-refractivity contribution in [3.8, 4) is 16.8 Å². The maximum Gasteiger partial charge on any atom is 0.225 e. The van der Waals surface area contributed by atoms with Gasteiger partial charge in [-0.25, -0.2) is 4.68 Å². The van der Waals surface area contributed by atoms with Crippen LogP contribution in [-0.2, 0) is 4.79 Å². The number of hydrogen-bond donors (Lipinski definition) is 1. The monoisotopic (exact) mass is 425 g/mol. The Morgan fingerprint density at radius 1 is 1.11 bits per heavy atom. The van der Waals surface area contributed by atoms with Gasteiger partial charge in [0.05, 0.1) is 11.3 Å². The van der Waals surface area contributed by atoms with Gasteiger partial charge in [0, 0.05) is 10.9 Å². The molecule has 0 aliphatic carbocycles. The van der Waals surface area contributed by atoms with E-state index >= 15 is 0 Å². The molecule has 1 aromatic heterocycles. The molecule has 0 saturated heterocycles. The number of nitrogens with zero attached hydrogens (tertiary/aromatic N) is 2. The molecule has 0 bridgehead atoms. The molecule has 0 aliphatic heterocycles. The van der Waals surface area contributed by atoms with Gasteiger partial charge in [-0.2, -0.15) is 5.10 Å². The summed E-state index contributed by atoms with van der Waals surface area (Å²) in [6.45, 7) is 3.62. The Bertz CT molecular complexity index is 1010.